The zero-order chi connectivity index (χ0) is 15.5. The summed E-state index contributed by atoms with van der Waals surface area (Å²) in [6, 6.07) is 6.14. The Morgan fingerprint density at radius 2 is 2.00 bits per heavy atom. The monoisotopic (exact) mass is 313 g/mol. The Kier molecular flexibility index (Phi) is 5.11. The van der Waals surface area contributed by atoms with Gasteiger partial charge in [0.05, 0.1) is 25.7 Å². The number of nitrogens with one attached hydrogen (secondary N) is 1. The highest BCUT2D eigenvalue weighted by Crippen LogP contribution is 2.28. The average molecular weight is 313 g/mol. The van der Waals surface area contributed by atoms with Gasteiger partial charge in [-0.3, -0.25) is 0 Å². The Hall–Kier alpha value is -1.27. The standard InChI is InChI=1S/C15H23NO4S/c1-11(16-13-6-7-21(17,18)10-13)8-12-4-5-14(19-2)15(9-12)20-3/h4-5,9,11,13,16H,6-8,10H2,1-3H3. The van der Waals surface area contributed by atoms with Crippen LogP contribution in [-0.2, 0) is 16.3 Å². The number of sulfone groups is 1. The summed E-state index contributed by atoms with van der Waals surface area (Å²) in [7, 11) is 0.398. The first-order valence-corrected chi connectivity index (χ1v) is 8.93. The van der Waals surface area contributed by atoms with Crippen LogP contribution in [0.3, 0.4) is 0 Å². The molecule has 0 spiro atoms. The van der Waals surface area contributed by atoms with Crippen LogP contribution in [0, 0.1) is 0 Å². The van der Waals surface area contributed by atoms with E-state index in [4.69, 9.17) is 9.47 Å². The fourth-order valence-corrected chi connectivity index (χ4v) is 4.44. The van der Waals surface area contributed by atoms with Crippen molar-refractivity contribution in [2.24, 2.45) is 0 Å². The molecule has 6 heteroatoms. The van der Waals surface area contributed by atoms with Gasteiger partial charge in [-0.2, -0.15) is 0 Å². The summed E-state index contributed by atoms with van der Waals surface area (Å²) in [5.74, 6) is 1.98. The molecule has 2 rings (SSSR count). The van der Waals surface area contributed by atoms with Crippen LogP contribution in [0.2, 0.25) is 0 Å². The normalized spacial score (nSPS) is 22.0. The maximum absolute atomic E-state index is 11.5. The largest absolute Gasteiger partial charge is 0.493 e. The van der Waals surface area contributed by atoms with E-state index in [1.807, 2.05) is 18.2 Å². The summed E-state index contributed by atoms with van der Waals surface area (Å²) in [5, 5.41) is 3.40. The van der Waals surface area contributed by atoms with Crippen molar-refractivity contribution in [3.05, 3.63) is 23.8 Å². The Labute approximate surface area is 126 Å². The minimum Gasteiger partial charge on any atom is -0.493 e. The van der Waals surface area contributed by atoms with Gasteiger partial charge in [0, 0.05) is 12.1 Å². The van der Waals surface area contributed by atoms with Crippen molar-refractivity contribution in [3.8, 4) is 11.5 Å². The van der Waals surface area contributed by atoms with E-state index in [2.05, 4.69) is 12.2 Å². The fourth-order valence-electron chi connectivity index (χ4n) is 2.75. The highest BCUT2D eigenvalue weighted by atomic mass is 32.2. The Bertz CT molecular complexity index is 585. The minimum absolute atomic E-state index is 0.0742. The molecule has 2 unspecified atom stereocenters. The first kappa shape index (κ1) is 16.1. The molecule has 0 radical (unpaired) electrons. The van der Waals surface area contributed by atoms with E-state index in [1.165, 1.54) is 0 Å². The summed E-state index contributed by atoms with van der Waals surface area (Å²) in [4.78, 5) is 0. The third-order valence-corrected chi connectivity index (χ3v) is 5.51. The van der Waals surface area contributed by atoms with Crippen LogP contribution in [0.1, 0.15) is 18.9 Å². The van der Waals surface area contributed by atoms with Crippen LogP contribution in [-0.4, -0.2) is 46.2 Å². The molecule has 1 N–H and O–H groups in total. The van der Waals surface area contributed by atoms with E-state index in [-0.39, 0.29) is 17.8 Å². The molecule has 1 aromatic rings. The molecule has 118 valence electrons. The second-order valence-corrected chi connectivity index (χ2v) is 7.79. The maximum atomic E-state index is 11.5. The lowest BCUT2D eigenvalue weighted by Gasteiger charge is -2.19. The van der Waals surface area contributed by atoms with Crippen molar-refractivity contribution in [1.29, 1.82) is 0 Å². The first-order valence-electron chi connectivity index (χ1n) is 7.11. The lowest BCUT2D eigenvalue weighted by Crippen LogP contribution is -2.38. The average Bonchev–Trinajstić information content (AvgIpc) is 2.77. The van der Waals surface area contributed by atoms with E-state index in [1.54, 1.807) is 14.2 Å². The lowest BCUT2D eigenvalue weighted by molar-refractivity contribution is 0.354. The Balaban J connectivity index is 1.95. The molecule has 1 aliphatic rings. The van der Waals surface area contributed by atoms with Crippen molar-refractivity contribution in [1.82, 2.24) is 5.32 Å². The quantitative estimate of drug-likeness (QED) is 0.860. The number of ether oxygens (including phenoxy) is 2. The van der Waals surface area contributed by atoms with Gasteiger partial charge in [-0.05, 0) is 37.5 Å². The number of hydrogen-bond acceptors (Lipinski definition) is 5. The van der Waals surface area contributed by atoms with Crippen molar-refractivity contribution in [3.63, 3.8) is 0 Å². The van der Waals surface area contributed by atoms with E-state index in [9.17, 15) is 8.42 Å². The van der Waals surface area contributed by atoms with Gasteiger partial charge in [0.15, 0.2) is 21.3 Å². The second-order valence-electron chi connectivity index (χ2n) is 5.56. The van der Waals surface area contributed by atoms with Gasteiger partial charge in [0.1, 0.15) is 0 Å². The van der Waals surface area contributed by atoms with Crippen molar-refractivity contribution >= 4 is 9.84 Å². The smallest absolute Gasteiger partial charge is 0.160 e. The minimum atomic E-state index is -2.83. The zero-order valence-electron chi connectivity index (χ0n) is 12.8. The number of rotatable bonds is 6. The summed E-state index contributed by atoms with van der Waals surface area (Å²) >= 11 is 0. The fraction of sp³-hybridized carbons (Fsp3) is 0.600. The van der Waals surface area contributed by atoms with Gasteiger partial charge < -0.3 is 14.8 Å². The first-order chi connectivity index (χ1) is 9.93. The molecular weight excluding hydrogens is 290 g/mol. The molecule has 1 saturated heterocycles. The SMILES string of the molecule is COc1ccc(CC(C)NC2CCS(=O)(=O)C2)cc1OC. The summed E-state index contributed by atoms with van der Waals surface area (Å²) in [5.41, 5.74) is 1.13. The molecule has 0 bridgehead atoms. The summed E-state index contributed by atoms with van der Waals surface area (Å²) < 4.78 is 33.4. The van der Waals surface area contributed by atoms with Gasteiger partial charge in [0.2, 0.25) is 0 Å². The van der Waals surface area contributed by atoms with Gasteiger partial charge in [0.25, 0.3) is 0 Å². The van der Waals surface area contributed by atoms with Crippen molar-refractivity contribution in [2.75, 3.05) is 25.7 Å². The Morgan fingerprint density at radius 3 is 2.57 bits per heavy atom. The van der Waals surface area contributed by atoms with E-state index >= 15 is 0 Å². The van der Waals surface area contributed by atoms with Gasteiger partial charge in [-0.15, -0.1) is 0 Å². The van der Waals surface area contributed by atoms with Crippen molar-refractivity contribution < 1.29 is 17.9 Å². The predicted octanol–water partition coefficient (Wildman–Crippen LogP) is 1.41. The molecular formula is C15H23NO4S. The van der Waals surface area contributed by atoms with Crippen molar-refractivity contribution in [2.45, 2.75) is 31.8 Å². The van der Waals surface area contributed by atoms with Crippen LogP contribution in [0.5, 0.6) is 11.5 Å². The number of benzene rings is 1. The van der Waals surface area contributed by atoms with Crippen LogP contribution < -0.4 is 14.8 Å². The predicted molar refractivity (Wildman–Crippen MR) is 82.9 cm³/mol. The molecule has 1 aromatic carbocycles. The van der Waals surface area contributed by atoms with Gasteiger partial charge >= 0.3 is 0 Å². The molecule has 0 amide bonds. The van der Waals surface area contributed by atoms with Crippen LogP contribution in [0.15, 0.2) is 18.2 Å². The van der Waals surface area contributed by atoms with Gasteiger partial charge in [-0.25, -0.2) is 8.42 Å². The molecule has 5 nitrogen and oxygen atoms in total. The van der Waals surface area contributed by atoms with E-state index < -0.39 is 9.84 Å². The second kappa shape index (κ2) is 6.66. The third kappa shape index (κ3) is 4.35. The van der Waals surface area contributed by atoms with Crippen LogP contribution >= 0.6 is 0 Å². The van der Waals surface area contributed by atoms with E-state index in [0.29, 0.717) is 23.7 Å². The topological polar surface area (TPSA) is 64.6 Å². The molecule has 0 saturated carbocycles. The van der Waals surface area contributed by atoms with Gasteiger partial charge in [-0.1, -0.05) is 6.07 Å². The zero-order valence-corrected chi connectivity index (χ0v) is 13.6. The highest BCUT2D eigenvalue weighted by molar-refractivity contribution is 7.91. The van der Waals surface area contributed by atoms with Crippen LogP contribution in [0.4, 0.5) is 0 Å². The van der Waals surface area contributed by atoms with E-state index in [0.717, 1.165) is 12.0 Å². The molecule has 0 aliphatic carbocycles. The molecule has 1 heterocycles. The molecule has 2 atom stereocenters. The lowest BCUT2D eigenvalue weighted by atomic mass is 10.1. The highest BCUT2D eigenvalue weighted by Gasteiger charge is 2.28. The summed E-state index contributed by atoms with van der Waals surface area (Å²) in [6.45, 7) is 2.07. The number of hydrogen-bond donors (Lipinski definition) is 1. The molecule has 21 heavy (non-hydrogen) atoms. The molecule has 0 aromatic heterocycles. The molecule has 1 fully saturated rings. The summed E-state index contributed by atoms with van der Waals surface area (Å²) in [6.07, 6.45) is 1.52. The third-order valence-electron chi connectivity index (χ3n) is 3.74. The molecule has 1 aliphatic heterocycles. The number of methoxy groups -OCH3 is 2. The Morgan fingerprint density at radius 1 is 1.29 bits per heavy atom. The maximum Gasteiger partial charge on any atom is 0.160 e. The van der Waals surface area contributed by atoms with Crippen LogP contribution in [0.25, 0.3) is 0 Å².